The largest absolute Gasteiger partial charge is 0.465 e. The van der Waals surface area contributed by atoms with Crippen LogP contribution in [-0.2, 0) is 46.3 Å². The molecule has 0 N–H and O–H groups in total. The van der Waals surface area contributed by atoms with Gasteiger partial charge in [0.25, 0.3) is 0 Å². The Morgan fingerprint density at radius 1 is 0.607 bits per heavy atom. The first-order valence-electron chi connectivity index (χ1n) is 9.31. The molecule has 0 saturated heterocycles. The highest BCUT2D eigenvalue weighted by molar-refractivity contribution is 7.55. The zero-order valence-corrected chi connectivity index (χ0v) is 18.8. The lowest BCUT2D eigenvalue weighted by atomic mass is 10.3. The summed E-state index contributed by atoms with van der Waals surface area (Å²) < 4.78 is 54.4. The van der Waals surface area contributed by atoms with Crippen LogP contribution in [0.25, 0.3) is 0 Å². The van der Waals surface area contributed by atoms with E-state index in [4.69, 9.17) is 27.6 Å². The van der Waals surface area contributed by atoms with Gasteiger partial charge in [-0.05, 0) is 40.5 Å². The van der Waals surface area contributed by atoms with Crippen molar-refractivity contribution in [2.75, 3.05) is 52.0 Å². The summed E-state index contributed by atoms with van der Waals surface area (Å²) in [6.07, 6.45) is -0.0377. The smallest absolute Gasteiger partial charge is 0.341 e. The quantitative estimate of drug-likeness (QED) is 0.187. The van der Waals surface area contributed by atoms with Crippen molar-refractivity contribution in [3.63, 3.8) is 0 Å². The Morgan fingerprint density at radius 2 is 0.893 bits per heavy atom. The van der Waals surface area contributed by atoms with E-state index in [9.17, 15) is 18.7 Å². The number of ether oxygens (including phenoxy) is 2. The van der Waals surface area contributed by atoms with E-state index in [1.165, 1.54) is 0 Å². The summed E-state index contributed by atoms with van der Waals surface area (Å²) in [6.45, 7) is 7.41. The zero-order valence-electron chi connectivity index (χ0n) is 17.0. The minimum absolute atomic E-state index is 0.0744. The molecule has 0 aromatic heterocycles. The number of carbonyl (C=O) groups is 2. The van der Waals surface area contributed by atoms with Crippen LogP contribution in [0.4, 0.5) is 0 Å². The molecule has 0 aromatic carbocycles. The van der Waals surface area contributed by atoms with Gasteiger partial charge in [-0.25, -0.2) is 0 Å². The maximum absolute atomic E-state index is 12.2. The molecule has 0 atom stereocenters. The Bertz CT molecular complexity index is 484. The van der Waals surface area contributed by atoms with Crippen LogP contribution in [-0.4, -0.2) is 63.9 Å². The molecule has 0 heterocycles. The summed E-state index contributed by atoms with van der Waals surface area (Å²) in [5.41, 5.74) is 0. The lowest BCUT2D eigenvalue weighted by Gasteiger charge is -2.16. The molecule has 0 saturated carbocycles. The summed E-state index contributed by atoms with van der Waals surface area (Å²) in [5.74, 6) is -1.37. The summed E-state index contributed by atoms with van der Waals surface area (Å²) in [6, 6.07) is 0. The van der Waals surface area contributed by atoms with Gasteiger partial charge in [-0.3, -0.25) is 18.7 Å². The fourth-order valence-corrected chi connectivity index (χ4v) is 4.93. The van der Waals surface area contributed by atoms with Gasteiger partial charge in [-0.2, -0.15) is 0 Å². The van der Waals surface area contributed by atoms with Crippen LogP contribution in [0.2, 0.25) is 0 Å². The minimum Gasteiger partial charge on any atom is -0.465 e. The van der Waals surface area contributed by atoms with E-state index in [0.29, 0.717) is 12.8 Å². The Morgan fingerprint density at radius 3 is 1.14 bits per heavy atom. The summed E-state index contributed by atoms with van der Waals surface area (Å²) >= 11 is 0. The van der Waals surface area contributed by atoms with E-state index in [2.05, 4.69) is 0 Å². The third-order valence-electron chi connectivity index (χ3n) is 3.01. The first-order valence-corrected chi connectivity index (χ1v) is 12.8. The van der Waals surface area contributed by atoms with Crippen molar-refractivity contribution in [3.8, 4) is 0 Å². The second-order valence-electron chi connectivity index (χ2n) is 5.36. The van der Waals surface area contributed by atoms with Crippen LogP contribution >= 0.6 is 15.2 Å². The van der Waals surface area contributed by atoms with E-state index in [0.717, 1.165) is 0 Å². The molecule has 0 rings (SSSR count). The number of carbonyl (C=O) groups excluding carboxylic acids is 2. The molecule has 0 bridgehead atoms. The Labute approximate surface area is 166 Å². The third-order valence-corrected chi connectivity index (χ3v) is 6.91. The molecule has 0 aromatic rings. The lowest BCUT2D eigenvalue weighted by molar-refractivity contribution is -0.143. The number of rotatable bonds is 17. The molecule has 0 amide bonds. The van der Waals surface area contributed by atoms with Gasteiger partial charge in [0.15, 0.2) is 0 Å². The lowest BCUT2D eigenvalue weighted by Crippen LogP contribution is -2.15. The van der Waals surface area contributed by atoms with Crippen LogP contribution in [0.3, 0.4) is 0 Å². The van der Waals surface area contributed by atoms with Crippen molar-refractivity contribution < 1.29 is 46.3 Å². The van der Waals surface area contributed by atoms with Crippen molar-refractivity contribution in [3.05, 3.63) is 0 Å². The van der Waals surface area contributed by atoms with Gasteiger partial charge in [-0.1, -0.05) is 0 Å². The highest BCUT2D eigenvalue weighted by Crippen LogP contribution is 2.48. The molecular weight excluding hydrogens is 414 g/mol. The standard InChI is InChI=1S/C16H32O10P2/c1-5-23-27(19,24-6-2)13-15(17)21-11-9-10-12-22-16(18)14-28(20,25-7-3)26-8-4/h5-14H2,1-4H3. The van der Waals surface area contributed by atoms with Gasteiger partial charge in [-0.15, -0.1) is 0 Å². The maximum Gasteiger partial charge on any atom is 0.341 e. The summed E-state index contributed by atoms with van der Waals surface area (Å²) in [5, 5.41) is 0. The van der Waals surface area contributed by atoms with Crippen molar-refractivity contribution in [1.29, 1.82) is 0 Å². The molecule has 0 aliphatic heterocycles. The maximum atomic E-state index is 12.2. The number of esters is 2. The van der Waals surface area contributed by atoms with E-state index in [1.807, 2.05) is 0 Å². The van der Waals surface area contributed by atoms with Crippen LogP contribution < -0.4 is 0 Å². The topological polar surface area (TPSA) is 124 Å². The van der Waals surface area contributed by atoms with E-state index < -0.39 is 39.5 Å². The first kappa shape index (κ1) is 27.2. The molecule has 166 valence electrons. The van der Waals surface area contributed by atoms with Crippen LogP contribution in [0.5, 0.6) is 0 Å². The van der Waals surface area contributed by atoms with Crippen LogP contribution in [0.15, 0.2) is 0 Å². The van der Waals surface area contributed by atoms with Gasteiger partial charge < -0.3 is 27.6 Å². The first-order chi connectivity index (χ1) is 13.2. The predicted molar refractivity (Wildman–Crippen MR) is 103 cm³/mol. The molecule has 0 spiro atoms. The number of unbranched alkanes of at least 4 members (excludes halogenated alkanes) is 1. The van der Waals surface area contributed by atoms with Crippen molar-refractivity contribution in [2.24, 2.45) is 0 Å². The van der Waals surface area contributed by atoms with Crippen molar-refractivity contribution in [1.82, 2.24) is 0 Å². The van der Waals surface area contributed by atoms with Gasteiger partial charge in [0, 0.05) is 0 Å². The minimum atomic E-state index is -3.48. The summed E-state index contributed by atoms with van der Waals surface area (Å²) in [7, 11) is -6.95. The zero-order chi connectivity index (χ0) is 21.5. The van der Waals surface area contributed by atoms with Crippen LogP contribution in [0, 0.1) is 0 Å². The molecule has 12 heteroatoms. The Balaban J connectivity index is 4.05. The average molecular weight is 446 g/mol. The summed E-state index contributed by atoms with van der Waals surface area (Å²) in [4.78, 5) is 23.5. The predicted octanol–water partition coefficient (Wildman–Crippen LogP) is 3.39. The number of hydrogen-bond acceptors (Lipinski definition) is 10. The monoisotopic (exact) mass is 446 g/mol. The fraction of sp³-hybridized carbons (Fsp3) is 0.875. The van der Waals surface area contributed by atoms with E-state index in [-0.39, 0.29) is 39.6 Å². The molecular formula is C16H32O10P2. The second-order valence-corrected chi connectivity index (χ2v) is 9.47. The Kier molecular flexibility index (Phi) is 14.7. The van der Waals surface area contributed by atoms with Crippen LogP contribution in [0.1, 0.15) is 40.5 Å². The number of hydrogen-bond donors (Lipinski definition) is 0. The third kappa shape index (κ3) is 12.6. The SMILES string of the molecule is CCOP(=O)(CC(=O)OCCCCOC(=O)CP(=O)(OCC)OCC)OCC. The van der Waals surface area contributed by atoms with Gasteiger partial charge in [0.05, 0.1) is 39.6 Å². The van der Waals surface area contributed by atoms with Gasteiger partial charge in [0.1, 0.15) is 12.3 Å². The van der Waals surface area contributed by atoms with E-state index >= 15 is 0 Å². The van der Waals surface area contributed by atoms with E-state index in [1.54, 1.807) is 27.7 Å². The highest BCUT2D eigenvalue weighted by Gasteiger charge is 2.29. The molecule has 0 aliphatic rings. The molecule has 0 fully saturated rings. The Hall–Kier alpha value is -0.760. The highest BCUT2D eigenvalue weighted by atomic mass is 31.2. The second kappa shape index (κ2) is 15.1. The molecule has 0 unspecified atom stereocenters. The van der Waals surface area contributed by atoms with Crippen molar-refractivity contribution in [2.45, 2.75) is 40.5 Å². The average Bonchev–Trinajstić information content (AvgIpc) is 2.58. The molecule has 0 radical (unpaired) electrons. The molecule has 28 heavy (non-hydrogen) atoms. The van der Waals surface area contributed by atoms with Gasteiger partial charge in [0.2, 0.25) is 0 Å². The molecule has 10 nitrogen and oxygen atoms in total. The van der Waals surface area contributed by atoms with Gasteiger partial charge >= 0.3 is 27.1 Å². The normalized spacial score (nSPS) is 12.0. The molecule has 0 aliphatic carbocycles. The van der Waals surface area contributed by atoms with Crippen molar-refractivity contribution >= 4 is 27.1 Å². The fourth-order valence-electron chi connectivity index (χ4n) is 2.03.